The van der Waals surface area contributed by atoms with E-state index in [9.17, 15) is 14.0 Å². The highest BCUT2D eigenvalue weighted by Gasteiger charge is 2.25. The fourth-order valence-corrected chi connectivity index (χ4v) is 2.90. The highest BCUT2D eigenvalue weighted by molar-refractivity contribution is 5.95. The van der Waals surface area contributed by atoms with Gasteiger partial charge >= 0.3 is 0 Å². The summed E-state index contributed by atoms with van der Waals surface area (Å²) < 4.78 is 24.6. The molecule has 30 heavy (non-hydrogen) atoms. The molecular formula is C23H27FN2O4. The van der Waals surface area contributed by atoms with Crippen molar-refractivity contribution < 1.29 is 23.5 Å². The van der Waals surface area contributed by atoms with Gasteiger partial charge in [-0.2, -0.15) is 0 Å². The molecule has 0 aliphatic rings. The lowest BCUT2D eigenvalue weighted by molar-refractivity contribution is -0.134. The Balaban J connectivity index is 2.16. The Hall–Kier alpha value is -3.35. The highest BCUT2D eigenvalue weighted by Crippen LogP contribution is 2.29. The summed E-state index contributed by atoms with van der Waals surface area (Å²) in [6.07, 6.45) is 4.89. The zero-order chi connectivity index (χ0) is 22.1. The summed E-state index contributed by atoms with van der Waals surface area (Å²) in [7, 11) is 2.99. The molecule has 0 aliphatic heterocycles. The normalized spacial score (nSPS) is 11.9. The van der Waals surface area contributed by atoms with Crippen LogP contribution in [0.25, 0.3) is 6.08 Å². The minimum atomic E-state index is -1.08. The molecule has 0 fully saturated rings. The Labute approximate surface area is 176 Å². The van der Waals surface area contributed by atoms with Gasteiger partial charge in [0, 0.05) is 13.1 Å². The number of benzene rings is 2. The van der Waals surface area contributed by atoms with Gasteiger partial charge in [0.1, 0.15) is 11.9 Å². The number of hydrogen-bond donors (Lipinski definition) is 1. The van der Waals surface area contributed by atoms with Crippen LogP contribution >= 0.6 is 0 Å². The van der Waals surface area contributed by atoms with E-state index in [1.165, 1.54) is 36.2 Å². The molecule has 2 amide bonds. The van der Waals surface area contributed by atoms with Gasteiger partial charge < -0.3 is 20.1 Å². The number of methoxy groups -OCH3 is 1. The van der Waals surface area contributed by atoms with Gasteiger partial charge in [-0.3, -0.25) is 9.59 Å². The van der Waals surface area contributed by atoms with E-state index in [-0.39, 0.29) is 0 Å². The maximum atomic E-state index is 13.5. The number of nitrogens with zero attached hydrogens (tertiary/aromatic N) is 1. The number of ether oxygens (including phenoxy) is 2. The number of carbonyl (C=O) groups excluding carboxylic acids is 2. The highest BCUT2D eigenvalue weighted by atomic mass is 19.1. The van der Waals surface area contributed by atoms with Crippen LogP contribution in [0.2, 0.25) is 0 Å². The number of unbranched alkanes of at least 4 members (excludes halogenated alkanes) is 1. The number of rotatable bonds is 10. The monoisotopic (exact) mass is 414 g/mol. The number of nitrogens with two attached hydrogens (primary N) is 1. The van der Waals surface area contributed by atoms with Gasteiger partial charge in [0.25, 0.3) is 0 Å². The first-order valence-electron chi connectivity index (χ1n) is 9.67. The largest absolute Gasteiger partial charge is 0.493 e. The van der Waals surface area contributed by atoms with Crippen LogP contribution in [0.3, 0.4) is 0 Å². The molecule has 0 heterocycles. The van der Waals surface area contributed by atoms with Gasteiger partial charge in [-0.05, 0) is 47.9 Å². The minimum absolute atomic E-state index is 0.307. The van der Waals surface area contributed by atoms with Crippen molar-refractivity contribution in [2.75, 3.05) is 20.8 Å². The number of amides is 2. The summed E-state index contributed by atoms with van der Waals surface area (Å²) in [6.45, 7) is 2.68. The first-order valence-corrected chi connectivity index (χ1v) is 9.67. The second kappa shape index (κ2) is 11.0. The average molecular weight is 414 g/mol. The third-order valence-electron chi connectivity index (χ3n) is 4.53. The molecule has 2 aromatic carbocycles. The molecule has 2 aromatic rings. The van der Waals surface area contributed by atoms with E-state index in [2.05, 4.69) is 6.92 Å². The van der Waals surface area contributed by atoms with E-state index in [1.54, 1.807) is 37.5 Å². The summed E-state index contributed by atoms with van der Waals surface area (Å²) in [4.78, 5) is 25.7. The summed E-state index contributed by atoms with van der Waals surface area (Å²) in [5.74, 6) is -0.524. The first kappa shape index (κ1) is 22.9. The molecule has 6 nitrogen and oxygen atoms in total. The van der Waals surface area contributed by atoms with Gasteiger partial charge in [-0.1, -0.05) is 31.5 Å². The van der Waals surface area contributed by atoms with Crippen molar-refractivity contribution in [3.8, 4) is 11.5 Å². The van der Waals surface area contributed by atoms with Crippen LogP contribution in [-0.4, -0.2) is 37.5 Å². The Kier molecular flexibility index (Phi) is 8.41. The standard InChI is InChI=1S/C23H27FN2O4/c1-4-5-13-30-19-11-9-16(14-20(19)29-3)10-12-21(27)26(2)22(23(25)28)17-7-6-8-18(24)15-17/h6-12,14-15,22H,4-5,13H2,1-3H3,(H2,25,28)/b12-10+. The minimum Gasteiger partial charge on any atom is -0.493 e. The third-order valence-corrected chi connectivity index (χ3v) is 4.53. The van der Waals surface area contributed by atoms with E-state index in [0.29, 0.717) is 23.7 Å². The molecule has 2 N–H and O–H groups in total. The quantitative estimate of drug-likeness (QED) is 0.475. The Morgan fingerprint density at radius 2 is 1.97 bits per heavy atom. The van der Waals surface area contributed by atoms with Crippen molar-refractivity contribution in [2.24, 2.45) is 5.73 Å². The second-order valence-electron chi connectivity index (χ2n) is 6.75. The van der Waals surface area contributed by atoms with E-state index < -0.39 is 23.7 Å². The molecule has 7 heteroatoms. The molecule has 0 spiro atoms. The SMILES string of the molecule is CCCCOc1ccc(/C=C/C(=O)N(C)C(C(N)=O)c2cccc(F)c2)cc1OC. The van der Waals surface area contributed by atoms with Crippen LogP contribution in [0.1, 0.15) is 36.9 Å². The van der Waals surface area contributed by atoms with E-state index >= 15 is 0 Å². The number of carbonyl (C=O) groups is 2. The molecule has 1 atom stereocenters. The lowest BCUT2D eigenvalue weighted by Gasteiger charge is -2.25. The average Bonchev–Trinajstić information content (AvgIpc) is 2.72. The molecule has 0 bridgehead atoms. The lowest BCUT2D eigenvalue weighted by atomic mass is 10.0. The van der Waals surface area contributed by atoms with Crippen LogP contribution in [0.15, 0.2) is 48.5 Å². The summed E-state index contributed by atoms with van der Waals surface area (Å²) in [6, 6.07) is 9.70. The molecular weight excluding hydrogens is 387 g/mol. The molecule has 0 saturated carbocycles. The maximum Gasteiger partial charge on any atom is 0.247 e. The van der Waals surface area contributed by atoms with Gasteiger partial charge in [0.05, 0.1) is 13.7 Å². The number of hydrogen-bond acceptors (Lipinski definition) is 4. The van der Waals surface area contributed by atoms with Crippen LogP contribution in [0.5, 0.6) is 11.5 Å². The summed E-state index contributed by atoms with van der Waals surface area (Å²) >= 11 is 0. The molecule has 1 unspecified atom stereocenters. The lowest BCUT2D eigenvalue weighted by Crippen LogP contribution is -2.38. The van der Waals surface area contributed by atoms with Crippen molar-refractivity contribution >= 4 is 17.9 Å². The fourth-order valence-electron chi connectivity index (χ4n) is 2.90. The number of likely N-dealkylation sites (N-methyl/N-ethyl adjacent to an activating group) is 1. The number of primary amides is 1. The van der Waals surface area contributed by atoms with Gasteiger partial charge in [-0.25, -0.2) is 4.39 Å². The predicted molar refractivity (Wildman–Crippen MR) is 114 cm³/mol. The van der Waals surface area contributed by atoms with Crippen molar-refractivity contribution in [2.45, 2.75) is 25.8 Å². The Bertz CT molecular complexity index is 914. The summed E-state index contributed by atoms with van der Waals surface area (Å²) in [5, 5.41) is 0. The van der Waals surface area contributed by atoms with Crippen molar-refractivity contribution in [1.29, 1.82) is 0 Å². The molecule has 0 aromatic heterocycles. The Morgan fingerprint density at radius 1 is 1.20 bits per heavy atom. The van der Waals surface area contributed by atoms with Crippen molar-refractivity contribution in [3.63, 3.8) is 0 Å². The van der Waals surface area contributed by atoms with Crippen LogP contribution < -0.4 is 15.2 Å². The smallest absolute Gasteiger partial charge is 0.247 e. The second-order valence-corrected chi connectivity index (χ2v) is 6.75. The molecule has 160 valence electrons. The van der Waals surface area contributed by atoms with E-state index in [0.717, 1.165) is 18.4 Å². The summed E-state index contributed by atoms with van der Waals surface area (Å²) in [5.41, 5.74) is 6.49. The van der Waals surface area contributed by atoms with Crippen molar-refractivity contribution in [3.05, 3.63) is 65.5 Å². The van der Waals surface area contributed by atoms with Crippen molar-refractivity contribution in [1.82, 2.24) is 4.90 Å². The van der Waals surface area contributed by atoms with E-state index in [4.69, 9.17) is 15.2 Å². The zero-order valence-corrected chi connectivity index (χ0v) is 17.4. The van der Waals surface area contributed by atoms with Crippen LogP contribution in [0.4, 0.5) is 4.39 Å². The maximum absolute atomic E-state index is 13.5. The van der Waals surface area contributed by atoms with Gasteiger partial charge in [0.2, 0.25) is 11.8 Å². The zero-order valence-electron chi connectivity index (χ0n) is 17.4. The molecule has 2 rings (SSSR count). The van der Waals surface area contributed by atoms with Gasteiger partial charge in [-0.15, -0.1) is 0 Å². The van der Waals surface area contributed by atoms with Gasteiger partial charge in [0.15, 0.2) is 11.5 Å². The van der Waals surface area contributed by atoms with Crippen LogP contribution in [0, 0.1) is 5.82 Å². The Morgan fingerprint density at radius 3 is 2.60 bits per heavy atom. The molecule has 0 aliphatic carbocycles. The topological polar surface area (TPSA) is 81.9 Å². The molecule has 0 saturated heterocycles. The first-order chi connectivity index (χ1) is 14.4. The predicted octanol–water partition coefficient (Wildman–Crippen LogP) is 3.71. The molecule has 0 radical (unpaired) electrons. The van der Waals surface area contributed by atoms with E-state index in [1.807, 2.05) is 0 Å². The van der Waals surface area contributed by atoms with Crippen LogP contribution in [-0.2, 0) is 9.59 Å². The fraction of sp³-hybridized carbons (Fsp3) is 0.304. The third kappa shape index (κ3) is 6.07. The number of halogens is 1.